The molecule has 0 saturated carbocycles. The number of nitrogens with one attached hydrogen (secondary N) is 2. The lowest BCUT2D eigenvalue weighted by molar-refractivity contribution is -0.137. The van der Waals surface area contributed by atoms with Gasteiger partial charge in [0, 0.05) is 12.2 Å². The fourth-order valence-electron chi connectivity index (χ4n) is 1.96. The van der Waals surface area contributed by atoms with E-state index in [-0.39, 0.29) is 11.7 Å². The molecule has 0 atom stereocenters. The third-order valence-electron chi connectivity index (χ3n) is 2.99. The first kappa shape index (κ1) is 13.8. The monoisotopic (exact) mass is 273 g/mol. The van der Waals surface area contributed by atoms with Gasteiger partial charge in [-0.05, 0) is 38.1 Å². The lowest BCUT2D eigenvalue weighted by atomic mass is 10.1. The van der Waals surface area contributed by atoms with E-state index in [4.69, 9.17) is 0 Å². The minimum absolute atomic E-state index is 0.00917. The van der Waals surface area contributed by atoms with Crippen LogP contribution in [-0.2, 0) is 6.18 Å². The third kappa shape index (κ3) is 3.66. The topological polar surface area (TPSA) is 54.0 Å². The smallest absolute Gasteiger partial charge is 0.348 e. The number of hydrogen-bond acceptors (Lipinski definition) is 3. The van der Waals surface area contributed by atoms with Crippen molar-refractivity contribution in [2.24, 2.45) is 0 Å². The average molecular weight is 273 g/mol. The molecular formula is C12H14F3N3O. The van der Waals surface area contributed by atoms with Gasteiger partial charge >= 0.3 is 6.18 Å². The summed E-state index contributed by atoms with van der Waals surface area (Å²) in [5, 5.41) is 5.85. The van der Waals surface area contributed by atoms with Crippen LogP contribution in [0.25, 0.3) is 0 Å². The zero-order valence-corrected chi connectivity index (χ0v) is 10.1. The third-order valence-corrected chi connectivity index (χ3v) is 2.99. The summed E-state index contributed by atoms with van der Waals surface area (Å²) in [5.41, 5.74) is -1.06. The summed E-state index contributed by atoms with van der Waals surface area (Å²) < 4.78 is 37.6. The number of nitrogens with zero attached hydrogens (tertiary/aromatic N) is 1. The predicted octanol–water partition coefficient (Wildman–Crippen LogP) is 1.58. The quantitative estimate of drug-likeness (QED) is 0.860. The Kier molecular flexibility index (Phi) is 4.04. The summed E-state index contributed by atoms with van der Waals surface area (Å²) in [6.07, 6.45) is -1.93. The summed E-state index contributed by atoms with van der Waals surface area (Å²) in [6, 6.07) is 1.61. The Bertz CT molecular complexity index is 456. The number of pyridine rings is 1. The molecule has 1 aliphatic heterocycles. The molecule has 0 bridgehead atoms. The molecule has 1 saturated heterocycles. The molecule has 1 fully saturated rings. The second-order valence-corrected chi connectivity index (χ2v) is 4.43. The molecule has 0 spiro atoms. The number of carbonyl (C=O) groups excluding carboxylic acids is 1. The van der Waals surface area contributed by atoms with Gasteiger partial charge in [0.25, 0.3) is 5.91 Å². The van der Waals surface area contributed by atoms with E-state index in [0.29, 0.717) is 0 Å². The van der Waals surface area contributed by atoms with Crippen LogP contribution in [0.4, 0.5) is 13.2 Å². The number of amides is 1. The van der Waals surface area contributed by atoms with Gasteiger partial charge in [-0.1, -0.05) is 0 Å². The van der Waals surface area contributed by atoms with Crippen molar-refractivity contribution in [1.29, 1.82) is 0 Å². The number of hydrogen-bond donors (Lipinski definition) is 2. The maximum atomic E-state index is 12.5. The maximum Gasteiger partial charge on any atom is 0.416 e. The zero-order chi connectivity index (χ0) is 13.9. The van der Waals surface area contributed by atoms with Gasteiger partial charge in [0.15, 0.2) is 0 Å². The number of halogens is 3. The standard InChI is InChI=1S/C12H14F3N3O/c13-12(14,15)8-1-6-17-10(7-8)11(19)18-9-2-4-16-5-3-9/h1,6-7,9,16H,2-5H2,(H,18,19). The normalized spacial score (nSPS) is 17.2. The summed E-state index contributed by atoms with van der Waals surface area (Å²) >= 11 is 0. The Hall–Kier alpha value is -1.63. The van der Waals surface area contributed by atoms with Crippen LogP contribution in [0.3, 0.4) is 0 Å². The molecule has 2 heterocycles. The minimum atomic E-state index is -4.47. The van der Waals surface area contributed by atoms with Gasteiger partial charge in [-0.3, -0.25) is 9.78 Å². The lowest BCUT2D eigenvalue weighted by Gasteiger charge is -2.23. The molecule has 7 heteroatoms. The van der Waals surface area contributed by atoms with E-state index in [2.05, 4.69) is 15.6 Å². The highest BCUT2D eigenvalue weighted by atomic mass is 19.4. The van der Waals surface area contributed by atoms with Gasteiger partial charge in [0.2, 0.25) is 0 Å². The van der Waals surface area contributed by atoms with Crippen molar-refractivity contribution in [2.45, 2.75) is 25.1 Å². The maximum absolute atomic E-state index is 12.5. The fourth-order valence-corrected chi connectivity index (χ4v) is 1.96. The van der Waals surface area contributed by atoms with Gasteiger partial charge < -0.3 is 10.6 Å². The van der Waals surface area contributed by atoms with E-state index in [0.717, 1.165) is 44.3 Å². The first-order valence-corrected chi connectivity index (χ1v) is 6.01. The van der Waals surface area contributed by atoms with E-state index in [1.165, 1.54) is 0 Å². The molecule has 1 aromatic heterocycles. The SMILES string of the molecule is O=C(NC1CCNCC1)c1cc(C(F)(F)F)ccn1. The number of alkyl halides is 3. The van der Waals surface area contributed by atoms with E-state index < -0.39 is 17.6 Å². The van der Waals surface area contributed by atoms with Gasteiger partial charge in [-0.15, -0.1) is 0 Å². The van der Waals surface area contributed by atoms with Gasteiger partial charge in [-0.2, -0.15) is 13.2 Å². The zero-order valence-electron chi connectivity index (χ0n) is 10.1. The van der Waals surface area contributed by atoms with Crippen LogP contribution in [-0.4, -0.2) is 30.0 Å². The Morgan fingerprint density at radius 2 is 2.05 bits per heavy atom. The molecule has 2 rings (SSSR count). The van der Waals surface area contributed by atoms with Crippen LogP contribution in [0.1, 0.15) is 28.9 Å². The Labute approximate surface area is 108 Å². The van der Waals surface area contributed by atoms with Crippen LogP contribution in [0.5, 0.6) is 0 Å². The summed E-state index contributed by atoms with van der Waals surface area (Å²) in [4.78, 5) is 15.5. The van der Waals surface area contributed by atoms with Gasteiger partial charge in [-0.25, -0.2) is 0 Å². The number of carbonyl (C=O) groups is 1. The molecule has 104 valence electrons. The van der Waals surface area contributed by atoms with E-state index in [1.807, 2.05) is 0 Å². The largest absolute Gasteiger partial charge is 0.416 e. The fraction of sp³-hybridized carbons (Fsp3) is 0.500. The summed E-state index contributed by atoms with van der Waals surface area (Å²) in [6.45, 7) is 1.59. The molecule has 19 heavy (non-hydrogen) atoms. The van der Waals surface area contributed by atoms with Crippen molar-refractivity contribution in [2.75, 3.05) is 13.1 Å². The first-order chi connectivity index (χ1) is 8.97. The van der Waals surface area contributed by atoms with Crippen molar-refractivity contribution >= 4 is 5.91 Å². The highest BCUT2D eigenvalue weighted by molar-refractivity contribution is 5.92. The molecule has 2 N–H and O–H groups in total. The molecule has 1 aromatic rings. The Morgan fingerprint density at radius 3 is 2.68 bits per heavy atom. The Balaban J connectivity index is 2.06. The average Bonchev–Trinajstić information content (AvgIpc) is 2.39. The van der Waals surface area contributed by atoms with Crippen LogP contribution in [0.15, 0.2) is 18.3 Å². The predicted molar refractivity (Wildman–Crippen MR) is 62.6 cm³/mol. The van der Waals surface area contributed by atoms with Crippen molar-refractivity contribution in [3.63, 3.8) is 0 Å². The van der Waals surface area contributed by atoms with E-state index >= 15 is 0 Å². The highest BCUT2D eigenvalue weighted by Crippen LogP contribution is 2.28. The number of piperidine rings is 1. The molecule has 0 aliphatic carbocycles. The highest BCUT2D eigenvalue weighted by Gasteiger charge is 2.31. The van der Waals surface area contributed by atoms with Gasteiger partial charge in [0.05, 0.1) is 5.56 Å². The molecular weight excluding hydrogens is 259 g/mol. The summed E-state index contributed by atoms with van der Waals surface area (Å²) in [7, 11) is 0. The second kappa shape index (κ2) is 5.56. The molecule has 1 amide bonds. The molecule has 0 aromatic carbocycles. The Morgan fingerprint density at radius 1 is 1.37 bits per heavy atom. The first-order valence-electron chi connectivity index (χ1n) is 6.01. The lowest BCUT2D eigenvalue weighted by Crippen LogP contribution is -2.43. The number of aromatic nitrogens is 1. The van der Waals surface area contributed by atoms with Crippen LogP contribution in [0, 0.1) is 0 Å². The second-order valence-electron chi connectivity index (χ2n) is 4.43. The molecule has 4 nitrogen and oxygen atoms in total. The van der Waals surface area contributed by atoms with Crippen molar-refractivity contribution < 1.29 is 18.0 Å². The minimum Gasteiger partial charge on any atom is -0.348 e. The number of rotatable bonds is 2. The van der Waals surface area contributed by atoms with E-state index in [9.17, 15) is 18.0 Å². The van der Waals surface area contributed by atoms with Crippen molar-refractivity contribution in [3.8, 4) is 0 Å². The van der Waals surface area contributed by atoms with Gasteiger partial charge in [0.1, 0.15) is 5.69 Å². The molecule has 0 unspecified atom stereocenters. The molecule has 0 radical (unpaired) electrons. The summed E-state index contributed by atoms with van der Waals surface area (Å²) in [5.74, 6) is -0.557. The van der Waals surface area contributed by atoms with E-state index in [1.54, 1.807) is 0 Å². The van der Waals surface area contributed by atoms with Crippen molar-refractivity contribution in [3.05, 3.63) is 29.6 Å². The molecule has 1 aliphatic rings. The van der Waals surface area contributed by atoms with Crippen LogP contribution >= 0.6 is 0 Å². The van der Waals surface area contributed by atoms with Crippen molar-refractivity contribution in [1.82, 2.24) is 15.6 Å². The van der Waals surface area contributed by atoms with Crippen LogP contribution in [0.2, 0.25) is 0 Å². The van der Waals surface area contributed by atoms with Crippen LogP contribution < -0.4 is 10.6 Å².